The van der Waals surface area contributed by atoms with Gasteiger partial charge in [-0.05, 0) is 84.7 Å². The van der Waals surface area contributed by atoms with Crippen molar-refractivity contribution in [3.63, 3.8) is 0 Å². The lowest BCUT2D eigenvalue weighted by Crippen LogP contribution is -2.28. The van der Waals surface area contributed by atoms with Gasteiger partial charge in [-0.2, -0.15) is 0 Å². The molecule has 1 aliphatic heterocycles. The van der Waals surface area contributed by atoms with E-state index in [4.69, 9.17) is 4.74 Å². The highest BCUT2D eigenvalue weighted by Gasteiger charge is 2.25. The Hall–Kier alpha value is -3.11. The number of amides is 1. The van der Waals surface area contributed by atoms with Crippen LogP contribution in [0.5, 0.6) is 5.75 Å². The van der Waals surface area contributed by atoms with Gasteiger partial charge in [-0.25, -0.2) is 0 Å². The van der Waals surface area contributed by atoms with Crippen LogP contribution < -0.4 is 4.74 Å². The first kappa shape index (κ1) is 22.7. The predicted molar refractivity (Wildman–Crippen MR) is 136 cm³/mol. The zero-order chi connectivity index (χ0) is 23.5. The highest BCUT2D eigenvalue weighted by atomic mass is 16.5. The normalized spacial score (nSPS) is 16.9. The lowest BCUT2D eigenvalue weighted by Gasteiger charge is -2.30. The highest BCUT2D eigenvalue weighted by molar-refractivity contribution is 5.94. The number of rotatable bonds is 7. The second kappa shape index (κ2) is 10.0. The Kier molecular flexibility index (Phi) is 6.68. The summed E-state index contributed by atoms with van der Waals surface area (Å²) in [5.41, 5.74) is 7.55. The van der Waals surface area contributed by atoms with Gasteiger partial charge >= 0.3 is 0 Å². The van der Waals surface area contributed by atoms with Crippen LogP contribution in [0.4, 0.5) is 0 Å². The van der Waals surface area contributed by atoms with Crippen LogP contribution in [0.15, 0.2) is 66.7 Å². The van der Waals surface area contributed by atoms with E-state index in [1.165, 1.54) is 40.7 Å². The third-order valence-electron chi connectivity index (χ3n) is 7.42. The molecule has 1 heterocycles. The fourth-order valence-electron chi connectivity index (χ4n) is 5.59. The van der Waals surface area contributed by atoms with Gasteiger partial charge in [-0.3, -0.25) is 4.79 Å². The first-order valence-electron chi connectivity index (χ1n) is 12.4. The molecule has 3 aromatic rings. The molecule has 1 unspecified atom stereocenters. The van der Waals surface area contributed by atoms with Crippen LogP contribution in [-0.2, 0) is 25.9 Å². The molecule has 0 N–H and O–H groups in total. The summed E-state index contributed by atoms with van der Waals surface area (Å²) in [6.07, 6.45) is 4.62. The molecule has 1 atom stereocenters. The van der Waals surface area contributed by atoms with Crippen molar-refractivity contribution in [2.75, 3.05) is 27.2 Å². The average Bonchev–Trinajstić information content (AvgIpc) is 3.31. The minimum atomic E-state index is 0.113. The van der Waals surface area contributed by atoms with Gasteiger partial charge in [0.25, 0.3) is 5.91 Å². The van der Waals surface area contributed by atoms with E-state index in [0.717, 1.165) is 37.2 Å². The smallest absolute Gasteiger partial charge is 0.254 e. The van der Waals surface area contributed by atoms with E-state index >= 15 is 0 Å². The Balaban J connectivity index is 1.18. The molecular weight excluding hydrogens is 420 g/mol. The van der Waals surface area contributed by atoms with Crippen LogP contribution in [0.2, 0.25) is 0 Å². The molecule has 1 amide bonds. The molecule has 0 saturated carbocycles. The summed E-state index contributed by atoms with van der Waals surface area (Å²) in [4.78, 5) is 17.3. The molecule has 0 radical (unpaired) electrons. The van der Waals surface area contributed by atoms with Crippen molar-refractivity contribution >= 4 is 5.91 Å². The largest absolute Gasteiger partial charge is 0.496 e. The summed E-state index contributed by atoms with van der Waals surface area (Å²) in [5, 5.41) is 0. The minimum Gasteiger partial charge on any atom is -0.496 e. The van der Waals surface area contributed by atoms with E-state index in [1.807, 2.05) is 35.2 Å². The fourth-order valence-corrected chi connectivity index (χ4v) is 5.59. The Labute approximate surface area is 203 Å². The van der Waals surface area contributed by atoms with Crippen molar-refractivity contribution in [2.24, 2.45) is 0 Å². The molecule has 0 fully saturated rings. The van der Waals surface area contributed by atoms with Gasteiger partial charge in [-0.15, -0.1) is 0 Å². The summed E-state index contributed by atoms with van der Waals surface area (Å²) in [7, 11) is 4.01. The van der Waals surface area contributed by atoms with Gasteiger partial charge < -0.3 is 14.5 Å². The maximum Gasteiger partial charge on any atom is 0.254 e. The summed E-state index contributed by atoms with van der Waals surface area (Å²) in [6.45, 7) is 3.51. The number of hydrogen-bond donors (Lipinski definition) is 0. The number of carbonyl (C=O) groups excluding carboxylic acids is 1. The van der Waals surface area contributed by atoms with Crippen molar-refractivity contribution < 1.29 is 9.53 Å². The number of fused-ring (bicyclic) bond motifs is 2. The van der Waals surface area contributed by atoms with Crippen molar-refractivity contribution in [1.29, 1.82) is 0 Å². The molecule has 4 nitrogen and oxygen atoms in total. The maximum absolute atomic E-state index is 12.8. The maximum atomic E-state index is 12.8. The van der Waals surface area contributed by atoms with Gasteiger partial charge in [0, 0.05) is 31.7 Å². The van der Waals surface area contributed by atoms with Gasteiger partial charge in [0.1, 0.15) is 5.75 Å². The van der Waals surface area contributed by atoms with E-state index in [9.17, 15) is 4.79 Å². The van der Waals surface area contributed by atoms with Crippen LogP contribution in [0.25, 0.3) is 0 Å². The van der Waals surface area contributed by atoms with Crippen molar-refractivity contribution in [1.82, 2.24) is 9.80 Å². The Morgan fingerprint density at radius 2 is 1.85 bits per heavy atom. The third-order valence-corrected chi connectivity index (χ3v) is 7.42. The molecule has 34 heavy (non-hydrogen) atoms. The van der Waals surface area contributed by atoms with E-state index in [1.54, 1.807) is 7.11 Å². The van der Waals surface area contributed by atoms with Crippen LogP contribution >= 0.6 is 0 Å². The van der Waals surface area contributed by atoms with Gasteiger partial charge in [0.05, 0.1) is 7.11 Å². The van der Waals surface area contributed by atoms with Crippen LogP contribution in [0.3, 0.4) is 0 Å². The van der Waals surface area contributed by atoms with E-state index in [2.05, 4.69) is 48.3 Å². The minimum absolute atomic E-state index is 0.113. The van der Waals surface area contributed by atoms with Crippen LogP contribution in [0, 0.1) is 0 Å². The lowest BCUT2D eigenvalue weighted by atomic mass is 9.82. The molecule has 0 saturated heterocycles. The number of likely N-dealkylation sites (N-methyl/N-ethyl adjacent to an activating group) is 1. The molecule has 0 aromatic heterocycles. The number of methoxy groups -OCH3 is 1. The first-order chi connectivity index (χ1) is 16.6. The third kappa shape index (κ3) is 4.74. The van der Waals surface area contributed by atoms with Gasteiger partial charge in [0.2, 0.25) is 0 Å². The number of hydrogen-bond acceptors (Lipinski definition) is 3. The molecule has 0 bridgehead atoms. The molecule has 4 heteroatoms. The van der Waals surface area contributed by atoms with Crippen molar-refractivity contribution in [2.45, 2.75) is 44.7 Å². The van der Waals surface area contributed by atoms with Crippen LogP contribution in [0.1, 0.15) is 56.9 Å². The molecule has 5 rings (SSSR count). The van der Waals surface area contributed by atoms with E-state index in [-0.39, 0.29) is 5.91 Å². The summed E-state index contributed by atoms with van der Waals surface area (Å²) >= 11 is 0. The zero-order valence-corrected chi connectivity index (χ0v) is 20.3. The van der Waals surface area contributed by atoms with E-state index in [0.29, 0.717) is 19.0 Å². The van der Waals surface area contributed by atoms with Crippen LogP contribution in [-0.4, -0.2) is 43.0 Å². The summed E-state index contributed by atoms with van der Waals surface area (Å²) < 4.78 is 5.62. The molecule has 176 valence electrons. The van der Waals surface area contributed by atoms with Crippen molar-refractivity contribution in [3.8, 4) is 5.75 Å². The molecule has 0 spiro atoms. The summed E-state index contributed by atoms with van der Waals surface area (Å²) in [5.74, 6) is 1.73. The number of nitrogens with zero attached hydrogens (tertiary/aromatic N) is 2. The number of benzene rings is 3. The average molecular weight is 455 g/mol. The zero-order valence-electron chi connectivity index (χ0n) is 20.3. The Morgan fingerprint density at radius 1 is 1.03 bits per heavy atom. The standard InChI is InChI=1S/C30H34N2O2/c1-31(19-25-10-6-12-28-27(25)11-7-13-29(28)34-2)17-16-22-14-15-24-20-32(21-26(24)18-22)30(33)23-8-4-3-5-9-23/h3-5,7-9,11,13-15,18,25H,6,10,12,16-17,19-21H2,1-2H3. The summed E-state index contributed by atoms with van der Waals surface area (Å²) in [6, 6.07) is 22.9. The highest BCUT2D eigenvalue weighted by Crippen LogP contribution is 2.37. The molecule has 3 aromatic carbocycles. The van der Waals surface area contributed by atoms with Crippen molar-refractivity contribution in [3.05, 3.63) is 100 Å². The second-order valence-corrected chi connectivity index (χ2v) is 9.76. The lowest BCUT2D eigenvalue weighted by molar-refractivity contribution is 0.0751. The first-order valence-corrected chi connectivity index (χ1v) is 12.4. The SMILES string of the molecule is COc1cccc2c1CCCC2CN(C)CCc1ccc2c(c1)CN(C(=O)c1ccccc1)C2. The fraction of sp³-hybridized carbons (Fsp3) is 0.367. The van der Waals surface area contributed by atoms with E-state index < -0.39 is 0 Å². The second-order valence-electron chi connectivity index (χ2n) is 9.76. The Bertz CT molecular complexity index is 1160. The number of carbonyl (C=O) groups is 1. The monoisotopic (exact) mass is 454 g/mol. The quantitative estimate of drug-likeness (QED) is 0.476. The molecule has 2 aliphatic rings. The topological polar surface area (TPSA) is 32.8 Å². The predicted octanol–water partition coefficient (Wildman–Crippen LogP) is 5.45. The van der Waals surface area contributed by atoms with Gasteiger partial charge in [-0.1, -0.05) is 48.5 Å². The van der Waals surface area contributed by atoms with Gasteiger partial charge in [0.15, 0.2) is 0 Å². The number of ether oxygens (including phenoxy) is 1. The molecular formula is C30H34N2O2. The Morgan fingerprint density at radius 3 is 2.68 bits per heavy atom. The molecule has 1 aliphatic carbocycles.